The lowest BCUT2D eigenvalue weighted by atomic mass is 10.2. The van der Waals surface area contributed by atoms with Crippen molar-refractivity contribution in [3.8, 4) is 17.1 Å². The Balaban J connectivity index is 2.09. The van der Waals surface area contributed by atoms with E-state index in [9.17, 15) is 4.79 Å². The number of hydrogen-bond acceptors (Lipinski definition) is 3. The molecule has 20 heavy (non-hydrogen) atoms. The van der Waals surface area contributed by atoms with Gasteiger partial charge in [-0.15, -0.1) is 5.10 Å². The van der Waals surface area contributed by atoms with Crippen LogP contribution >= 0.6 is 11.6 Å². The standard InChI is InChI=1S/C15H10ClN3O/c16-12-8-6-11(7-9-12)15-17-14(10-20)19(18-15)13-4-2-1-3-5-13/h1-10H. The van der Waals surface area contributed by atoms with Crippen molar-refractivity contribution in [2.75, 3.05) is 0 Å². The van der Waals surface area contributed by atoms with E-state index in [1.165, 1.54) is 4.68 Å². The van der Waals surface area contributed by atoms with Gasteiger partial charge < -0.3 is 0 Å². The molecule has 0 unspecified atom stereocenters. The molecular formula is C15H10ClN3O. The Labute approximate surface area is 120 Å². The van der Waals surface area contributed by atoms with E-state index in [2.05, 4.69) is 10.1 Å². The van der Waals surface area contributed by atoms with Crippen LogP contribution in [0, 0.1) is 0 Å². The molecule has 98 valence electrons. The van der Waals surface area contributed by atoms with Crippen LogP contribution < -0.4 is 0 Å². The molecule has 0 saturated heterocycles. The second-order valence-electron chi connectivity index (χ2n) is 4.17. The summed E-state index contributed by atoms with van der Waals surface area (Å²) in [5, 5.41) is 5.03. The first kappa shape index (κ1) is 12.6. The smallest absolute Gasteiger partial charge is 0.196 e. The minimum Gasteiger partial charge on any atom is -0.294 e. The maximum Gasteiger partial charge on any atom is 0.196 e. The Morgan fingerprint density at radius 1 is 1.00 bits per heavy atom. The first-order valence-electron chi connectivity index (χ1n) is 6.01. The lowest BCUT2D eigenvalue weighted by Crippen LogP contribution is -2.01. The SMILES string of the molecule is O=Cc1nc(-c2ccc(Cl)cc2)nn1-c1ccccc1. The van der Waals surface area contributed by atoms with Crippen molar-refractivity contribution in [2.24, 2.45) is 0 Å². The van der Waals surface area contributed by atoms with Gasteiger partial charge in [0.05, 0.1) is 5.69 Å². The Bertz CT molecular complexity index is 736. The zero-order chi connectivity index (χ0) is 13.9. The van der Waals surface area contributed by atoms with Crippen LogP contribution in [0.3, 0.4) is 0 Å². The molecule has 0 N–H and O–H groups in total. The number of carbonyl (C=O) groups excluding carboxylic acids is 1. The molecule has 4 nitrogen and oxygen atoms in total. The van der Waals surface area contributed by atoms with E-state index in [0.717, 1.165) is 11.3 Å². The van der Waals surface area contributed by atoms with Crippen molar-refractivity contribution in [3.63, 3.8) is 0 Å². The molecule has 0 aliphatic heterocycles. The van der Waals surface area contributed by atoms with Crippen LogP contribution in [0.2, 0.25) is 5.02 Å². The number of carbonyl (C=O) groups is 1. The van der Waals surface area contributed by atoms with Gasteiger partial charge in [-0.25, -0.2) is 9.67 Å². The van der Waals surface area contributed by atoms with Gasteiger partial charge in [0.2, 0.25) is 0 Å². The normalized spacial score (nSPS) is 10.4. The van der Waals surface area contributed by atoms with Gasteiger partial charge in [0, 0.05) is 10.6 Å². The second-order valence-corrected chi connectivity index (χ2v) is 4.60. The Morgan fingerprint density at radius 3 is 2.35 bits per heavy atom. The van der Waals surface area contributed by atoms with E-state index < -0.39 is 0 Å². The van der Waals surface area contributed by atoms with Gasteiger partial charge in [0.25, 0.3) is 0 Å². The monoisotopic (exact) mass is 283 g/mol. The predicted molar refractivity (Wildman–Crippen MR) is 77.2 cm³/mol. The van der Waals surface area contributed by atoms with Crippen LogP contribution in [0.1, 0.15) is 10.6 Å². The van der Waals surface area contributed by atoms with E-state index in [0.29, 0.717) is 17.1 Å². The van der Waals surface area contributed by atoms with Crippen LogP contribution in [0.5, 0.6) is 0 Å². The molecule has 1 aromatic heterocycles. The third-order valence-electron chi connectivity index (χ3n) is 2.84. The van der Waals surface area contributed by atoms with Crippen molar-refractivity contribution >= 4 is 17.9 Å². The second kappa shape index (κ2) is 5.27. The predicted octanol–water partition coefficient (Wildman–Crippen LogP) is 3.40. The van der Waals surface area contributed by atoms with Gasteiger partial charge in [-0.3, -0.25) is 4.79 Å². The molecule has 0 atom stereocenters. The van der Waals surface area contributed by atoms with Crippen molar-refractivity contribution in [1.82, 2.24) is 14.8 Å². The van der Waals surface area contributed by atoms with Crippen LogP contribution in [0.4, 0.5) is 0 Å². The van der Waals surface area contributed by atoms with Gasteiger partial charge in [0.1, 0.15) is 0 Å². The quantitative estimate of drug-likeness (QED) is 0.692. The summed E-state index contributed by atoms with van der Waals surface area (Å²) in [6.07, 6.45) is 0.694. The molecule has 0 fully saturated rings. The largest absolute Gasteiger partial charge is 0.294 e. The summed E-state index contributed by atoms with van der Waals surface area (Å²) in [5.74, 6) is 0.758. The van der Waals surface area contributed by atoms with Crippen molar-refractivity contribution in [3.05, 3.63) is 65.4 Å². The number of aromatic nitrogens is 3. The maximum absolute atomic E-state index is 11.2. The number of hydrogen-bond donors (Lipinski definition) is 0. The van der Waals surface area contributed by atoms with E-state index in [-0.39, 0.29) is 5.82 Å². The molecule has 0 aliphatic carbocycles. The van der Waals surface area contributed by atoms with Gasteiger partial charge >= 0.3 is 0 Å². The zero-order valence-corrected chi connectivity index (χ0v) is 11.2. The van der Waals surface area contributed by atoms with Crippen LogP contribution in [-0.4, -0.2) is 21.1 Å². The highest BCUT2D eigenvalue weighted by molar-refractivity contribution is 6.30. The Hall–Kier alpha value is -2.46. The first-order valence-corrected chi connectivity index (χ1v) is 6.39. The lowest BCUT2D eigenvalue weighted by molar-refractivity contribution is 0.111. The average Bonchev–Trinajstić information content (AvgIpc) is 2.93. The summed E-state index contributed by atoms with van der Waals surface area (Å²) in [4.78, 5) is 15.4. The van der Waals surface area contributed by atoms with E-state index in [1.807, 2.05) is 42.5 Å². The molecule has 0 radical (unpaired) electrons. The topological polar surface area (TPSA) is 47.8 Å². The van der Waals surface area contributed by atoms with Gasteiger partial charge in [-0.1, -0.05) is 29.8 Å². The molecular weight excluding hydrogens is 274 g/mol. The van der Waals surface area contributed by atoms with Gasteiger partial charge in [-0.05, 0) is 36.4 Å². The molecule has 3 rings (SSSR count). The van der Waals surface area contributed by atoms with Gasteiger partial charge in [-0.2, -0.15) is 0 Å². The van der Waals surface area contributed by atoms with E-state index in [1.54, 1.807) is 12.1 Å². The van der Waals surface area contributed by atoms with Crippen LogP contribution in [0.15, 0.2) is 54.6 Å². The van der Waals surface area contributed by atoms with Crippen molar-refractivity contribution in [1.29, 1.82) is 0 Å². The fraction of sp³-hybridized carbons (Fsp3) is 0. The minimum atomic E-state index is 0.265. The molecule has 0 spiro atoms. The molecule has 2 aromatic carbocycles. The molecule has 0 aliphatic rings. The number of rotatable bonds is 3. The summed E-state index contributed by atoms with van der Waals surface area (Å²) in [5.41, 5.74) is 1.61. The molecule has 3 aromatic rings. The number of benzene rings is 2. The molecule has 0 amide bonds. The molecule has 0 saturated carbocycles. The number of halogens is 1. The Morgan fingerprint density at radius 2 is 1.70 bits per heavy atom. The highest BCUT2D eigenvalue weighted by atomic mass is 35.5. The van der Waals surface area contributed by atoms with E-state index in [4.69, 9.17) is 11.6 Å². The first-order chi connectivity index (χ1) is 9.78. The molecule has 1 heterocycles. The van der Waals surface area contributed by atoms with Crippen molar-refractivity contribution < 1.29 is 4.79 Å². The Kier molecular flexibility index (Phi) is 3.31. The third kappa shape index (κ3) is 2.33. The lowest BCUT2D eigenvalue weighted by Gasteiger charge is -2.00. The molecule has 0 bridgehead atoms. The number of para-hydroxylation sites is 1. The number of nitrogens with zero attached hydrogens (tertiary/aromatic N) is 3. The molecule has 5 heteroatoms. The van der Waals surface area contributed by atoms with Crippen LogP contribution in [0.25, 0.3) is 17.1 Å². The fourth-order valence-electron chi connectivity index (χ4n) is 1.88. The zero-order valence-electron chi connectivity index (χ0n) is 10.4. The third-order valence-corrected chi connectivity index (χ3v) is 3.09. The highest BCUT2D eigenvalue weighted by Gasteiger charge is 2.12. The van der Waals surface area contributed by atoms with Crippen molar-refractivity contribution in [2.45, 2.75) is 0 Å². The summed E-state index contributed by atoms with van der Waals surface area (Å²) in [6, 6.07) is 16.6. The highest BCUT2D eigenvalue weighted by Crippen LogP contribution is 2.20. The maximum atomic E-state index is 11.2. The average molecular weight is 284 g/mol. The summed E-state index contributed by atoms with van der Waals surface area (Å²) >= 11 is 5.86. The van der Waals surface area contributed by atoms with Gasteiger partial charge in [0.15, 0.2) is 17.9 Å². The van der Waals surface area contributed by atoms with Crippen LogP contribution in [-0.2, 0) is 0 Å². The number of aldehydes is 1. The fourth-order valence-corrected chi connectivity index (χ4v) is 2.01. The summed E-state index contributed by atoms with van der Waals surface area (Å²) in [6.45, 7) is 0. The minimum absolute atomic E-state index is 0.265. The summed E-state index contributed by atoms with van der Waals surface area (Å²) in [7, 11) is 0. The van der Waals surface area contributed by atoms with E-state index >= 15 is 0 Å². The summed E-state index contributed by atoms with van der Waals surface area (Å²) < 4.78 is 1.52.